The predicted octanol–water partition coefficient (Wildman–Crippen LogP) is 2.34. The molecule has 2 N–H and O–H groups in total. The van der Waals surface area contributed by atoms with Crippen molar-refractivity contribution >= 4 is 0 Å². The molecule has 3 heteroatoms. The van der Waals surface area contributed by atoms with Crippen molar-refractivity contribution in [3.63, 3.8) is 0 Å². The SMILES string of the molecule is CCOc1ccc(CNC(CC)CCO)cc1. The Balaban J connectivity index is 2.40. The average Bonchev–Trinajstić information content (AvgIpc) is 2.36. The second kappa shape index (κ2) is 8.09. The second-order valence-corrected chi connectivity index (χ2v) is 4.08. The molecule has 1 rings (SSSR count). The van der Waals surface area contributed by atoms with Gasteiger partial charge in [-0.05, 0) is 37.5 Å². The molecular weight excluding hydrogens is 214 g/mol. The lowest BCUT2D eigenvalue weighted by Crippen LogP contribution is -2.28. The van der Waals surface area contributed by atoms with Gasteiger partial charge < -0.3 is 15.2 Å². The summed E-state index contributed by atoms with van der Waals surface area (Å²) in [7, 11) is 0. The van der Waals surface area contributed by atoms with Crippen LogP contribution in [0.2, 0.25) is 0 Å². The van der Waals surface area contributed by atoms with Gasteiger partial charge in [-0.15, -0.1) is 0 Å². The average molecular weight is 237 g/mol. The summed E-state index contributed by atoms with van der Waals surface area (Å²) in [6, 6.07) is 8.53. The van der Waals surface area contributed by atoms with Crippen LogP contribution < -0.4 is 10.1 Å². The van der Waals surface area contributed by atoms with Crippen LogP contribution in [0.4, 0.5) is 0 Å². The van der Waals surface area contributed by atoms with Gasteiger partial charge in [0.15, 0.2) is 0 Å². The summed E-state index contributed by atoms with van der Waals surface area (Å²) in [6.07, 6.45) is 1.85. The standard InChI is InChI=1S/C14H23NO2/c1-3-13(9-10-16)15-11-12-5-7-14(8-6-12)17-4-2/h5-8,13,15-16H,3-4,9-11H2,1-2H3. The Hall–Kier alpha value is -1.06. The minimum atomic E-state index is 0.245. The molecule has 0 bridgehead atoms. The lowest BCUT2D eigenvalue weighted by Gasteiger charge is -2.15. The Morgan fingerprint density at radius 3 is 2.47 bits per heavy atom. The first-order valence-corrected chi connectivity index (χ1v) is 6.36. The smallest absolute Gasteiger partial charge is 0.119 e. The van der Waals surface area contributed by atoms with E-state index < -0.39 is 0 Å². The third-order valence-electron chi connectivity index (χ3n) is 2.80. The number of hydrogen-bond acceptors (Lipinski definition) is 3. The highest BCUT2D eigenvalue weighted by molar-refractivity contribution is 5.27. The van der Waals surface area contributed by atoms with Crippen molar-refractivity contribution in [2.45, 2.75) is 39.3 Å². The van der Waals surface area contributed by atoms with Gasteiger partial charge in [0.2, 0.25) is 0 Å². The largest absolute Gasteiger partial charge is 0.494 e. The van der Waals surface area contributed by atoms with Crippen molar-refractivity contribution in [2.24, 2.45) is 0 Å². The Kier molecular flexibility index (Phi) is 6.67. The summed E-state index contributed by atoms with van der Waals surface area (Å²) in [6.45, 7) is 5.90. The van der Waals surface area contributed by atoms with Crippen molar-refractivity contribution < 1.29 is 9.84 Å². The molecule has 96 valence electrons. The molecule has 0 aliphatic rings. The van der Waals surface area contributed by atoms with Crippen LogP contribution >= 0.6 is 0 Å². The van der Waals surface area contributed by atoms with Gasteiger partial charge in [-0.2, -0.15) is 0 Å². The van der Waals surface area contributed by atoms with Crippen molar-refractivity contribution in [3.05, 3.63) is 29.8 Å². The molecule has 1 aromatic rings. The fourth-order valence-corrected chi connectivity index (χ4v) is 1.74. The lowest BCUT2D eigenvalue weighted by molar-refractivity contribution is 0.262. The van der Waals surface area contributed by atoms with E-state index >= 15 is 0 Å². The highest BCUT2D eigenvalue weighted by atomic mass is 16.5. The van der Waals surface area contributed by atoms with Gasteiger partial charge in [-0.25, -0.2) is 0 Å². The van der Waals surface area contributed by atoms with Gasteiger partial charge in [0.1, 0.15) is 5.75 Å². The van der Waals surface area contributed by atoms with Crippen molar-refractivity contribution in [2.75, 3.05) is 13.2 Å². The van der Waals surface area contributed by atoms with Crippen LogP contribution in [0.15, 0.2) is 24.3 Å². The summed E-state index contributed by atoms with van der Waals surface area (Å²) >= 11 is 0. The van der Waals surface area contributed by atoms with Crippen molar-refractivity contribution in [1.82, 2.24) is 5.32 Å². The van der Waals surface area contributed by atoms with E-state index in [-0.39, 0.29) is 6.61 Å². The topological polar surface area (TPSA) is 41.5 Å². The lowest BCUT2D eigenvalue weighted by atomic mass is 10.1. The van der Waals surface area contributed by atoms with Crippen LogP contribution in [0.25, 0.3) is 0 Å². The Morgan fingerprint density at radius 2 is 1.94 bits per heavy atom. The first-order chi connectivity index (χ1) is 8.30. The third-order valence-corrected chi connectivity index (χ3v) is 2.80. The number of aliphatic hydroxyl groups is 1. The van der Waals surface area contributed by atoms with Crippen molar-refractivity contribution in [3.8, 4) is 5.75 Å². The van der Waals surface area contributed by atoms with Gasteiger partial charge in [-0.3, -0.25) is 0 Å². The molecule has 0 spiro atoms. The molecule has 0 aromatic heterocycles. The summed E-state index contributed by atoms with van der Waals surface area (Å²) in [5.74, 6) is 0.915. The van der Waals surface area contributed by atoms with Gasteiger partial charge in [0.05, 0.1) is 6.61 Å². The first kappa shape index (κ1) is 14.0. The molecule has 0 aliphatic heterocycles. The molecule has 1 unspecified atom stereocenters. The second-order valence-electron chi connectivity index (χ2n) is 4.08. The van der Waals surface area contributed by atoms with Crippen LogP contribution in [-0.2, 0) is 6.54 Å². The third kappa shape index (κ3) is 5.20. The summed E-state index contributed by atoms with van der Waals surface area (Å²) in [5.41, 5.74) is 1.24. The molecule has 0 radical (unpaired) electrons. The van der Waals surface area contributed by atoms with Crippen LogP contribution in [-0.4, -0.2) is 24.4 Å². The van der Waals surface area contributed by atoms with E-state index in [2.05, 4.69) is 24.4 Å². The number of rotatable bonds is 8. The van der Waals surface area contributed by atoms with Crippen LogP contribution in [0.1, 0.15) is 32.3 Å². The van der Waals surface area contributed by atoms with E-state index in [1.54, 1.807) is 0 Å². The van der Waals surface area contributed by atoms with Crippen molar-refractivity contribution in [1.29, 1.82) is 0 Å². The van der Waals surface area contributed by atoms with E-state index in [4.69, 9.17) is 9.84 Å². The van der Waals surface area contributed by atoms with E-state index in [0.717, 1.165) is 25.1 Å². The molecule has 0 amide bonds. The van der Waals surface area contributed by atoms with Gasteiger partial charge >= 0.3 is 0 Å². The maximum absolute atomic E-state index is 8.90. The fraction of sp³-hybridized carbons (Fsp3) is 0.571. The quantitative estimate of drug-likeness (QED) is 0.729. The van der Waals surface area contributed by atoms with Crippen LogP contribution in [0.5, 0.6) is 5.75 Å². The molecule has 0 saturated heterocycles. The summed E-state index contributed by atoms with van der Waals surface area (Å²) in [5, 5.41) is 12.3. The summed E-state index contributed by atoms with van der Waals surface area (Å²) < 4.78 is 5.39. The van der Waals surface area contributed by atoms with E-state index in [1.165, 1.54) is 5.56 Å². The Labute approximate surface area is 104 Å². The molecule has 17 heavy (non-hydrogen) atoms. The minimum absolute atomic E-state index is 0.245. The zero-order valence-corrected chi connectivity index (χ0v) is 10.8. The first-order valence-electron chi connectivity index (χ1n) is 6.36. The molecule has 0 fully saturated rings. The van der Waals surface area contributed by atoms with E-state index in [9.17, 15) is 0 Å². The molecule has 0 saturated carbocycles. The summed E-state index contributed by atoms with van der Waals surface area (Å²) in [4.78, 5) is 0. The minimum Gasteiger partial charge on any atom is -0.494 e. The fourth-order valence-electron chi connectivity index (χ4n) is 1.74. The van der Waals surface area contributed by atoms with Crippen LogP contribution in [0, 0.1) is 0 Å². The van der Waals surface area contributed by atoms with E-state index in [0.29, 0.717) is 12.6 Å². The molecule has 1 aromatic carbocycles. The number of nitrogens with one attached hydrogen (secondary N) is 1. The maximum Gasteiger partial charge on any atom is 0.119 e. The number of aliphatic hydroxyl groups excluding tert-OH is 1. The van der Waals surface area contributed by atoms with Gasteiger partial charge in [0.25, 0.3) is 0 Å². The normalized spacial score (nSPS) is 12.4. The molecule has 0 aliphatic carbocycles. The number of benzene rings is 1. The van der Waals surface area contributed by atoms with Gasteiger partial charge in [0, 0.05) is 19.2 Å². The molecule has 3 nitrogen and oxygen atoms in total. The predicted molar refractivity (Wildman–Crippen MR) is 70.2 cm³/mol. The Bertz CT molecular complexity index is 298. The van der Waals surface area contributed by atoms with E-state index in [1.807, 2.05) is 19.1 Å². The van der Waals surface area contributed by atoms with Crippen LogP contribution in [0.3, 0.4) is 0 Å². The number of hydrogen-bond donors (Lipinski definition) is 2. The maximum atomic E-state index is 8.90. The highest BCUT2D eigenvalue weighted by Gasteiger charge is 2.04. The number of ether oxygens (including phenoxy) is 1. The molecular formula is C14H23NO2. The molecule has 1 atom stereocenters. The van der Waals surface area contributed by atoms with Gasteiger partial charge in [-0.1, -0.05) is 19.1 Å². The Morgan fingerprint density at radius 1 is 1.24 bits per heavy atom. The zero-order chi connectivity index (χ0) is 12.5. The highest BCUT2D eigenvalue weighted by Crippen LogP contribution is 2.12. The molecule has 0 heterocycles. The monoisotopic (exact) mass is 237 g/mol. The zero-order valence-electron chi connectivity index (χ0n) is 10.8.